The van der Waals surface area contributed by atoms with Gasteiger partial charge in [-0.05, 0) is 61.9 Å². The van der Waals surface area contributed by atoms with Crippen LogP contribution in [0.15, 0.2) is 53.4 Å². The first-order valence-corrected chi connectivity index (χ1v) is 10.8. The molecule has 0 N–H and O–H groups in total. The van der Waals surface area contributed by atoms with Gasteiger partial charge < -0.3 is 14.3 Å². The van der Waals surface area contributed by atoms with Gasteiger partial charge in [0.2, 0.25) is 0 Å². The highest BCUT2D eigenvalue weighted by Gasteiger charge is 1.97. The molecule has 0 bridgehead atoms. The van der Waals surface area contributed by atoms with Crippen molar-refractivity contribution in [3.8, 4) is 11.5 Å². The second kappa shape index (κ2) is 23.1. The van der Waals surface area contributed by atoms with E-state index in [2.05, 4.69) is 39.2 Å². The Morgan fingerprint density at radius 1 is 0.929 bits per heavy atom. The molecule has 0 aromatic heterocycles. The number of hydrogen-bond donors (Lipinski definition) is 0. The zero-order valence-corrected chi connectivity index (χ0v) is 20.2. The number of rotatable bonds is 3. The Hall–Kier alpha value is -1.94. The first kappa shape index (κ1) is 30.8. The lowest BCUT2D eigenvalue weighted by molar-refractivity contribution is -0.106. The molecule has 0 aliphatic carbocycles. The van der Waals surface area contributed by atoms with Gasteiger partial charge in [-0.3, -0.25) is 0 Å². The Kier molecular flexibility index (Phi) is 25.4. The Balaban J connectivity index is -0.000000323. The molecular weight excluding hydrogens is 368 g/mol. The molecule has 3 nitrogen and oxygen atoms in total. The highest BCUT2D eigenvalue weighted by atomic mass is 32.2. The van der Waals surface area contributed by atoms with Gasteiger partial charge in [-0.25, -0.2) is 0 Å². The minimum absolute atomic E-state index is 0.750. The summed E-state index contributed by atoms with van der Waals surface area (Å²) in [6.07, 6.45) is 2.83. The third-order valence-electron chi connectivity index (χ3n) is 2.58. The molecule has 0 atom stereocenters. The number of carbonyl (C=O) groups is 1. The van der Waals surface area contributed by atoms with Gasteiger partial charge in [0.05, 0.1) is 14.2 Å². The van der Waals surface area contributed by atoms with Crippen molar-refractivity contribution in [1.29, 1.82) is 0 Å². The molecule has 0 heterocycles. The number of thioether (sulfide) groups is 1. The zero-order chi connectivity index (χ0) is 22.4. The van der Waals surface area contributed by atoms with E-state index in [1.807, 2.05) is 57.2 Å². The molecule has 0 amide bonds. The van der Waals surface area contributed by atoms with E-state index in [4.69, 9.17) is 14.3 Å². The maximum Gasteiger partial charge on any atom is 0.122 e. The molecule has 0 radical (unpaired) electrons. The molecular formula is C24H40O3S. The van der Waals surface area contributed by atoms with Crippen molar-refractivity contribution in [1.82, 2.24) is 0 Å². The van der Waals surface area contributed by atoms with Crippen LogP contribution in [0.25, 0.3) is 0 Å². The molecule has 28 heavy (non-hydrogen) atoms. The van der Waals surface area contributed by atoms with Crippen LogP contribution in [-0.4, -0.2) is 26.8 Å². The highest BCUT2D eigenvalue weighted by Crippen LogP contribution is 2.22. The van der Waals surface area contributed by atoms with Crippen molar-refractivity contribution in [2.24, 2.45) is 5.92 Å². The summed E-state index contributed by atoms with van der Waals surface area (Å²) in [5.41, 5.74) is 1.09. The van der Waals surface area contributed by atoms with Crippen molar-refractivity contribution in [3.05, 3.63) is 54.1 Å². The number of aryl methyl sites for hydroxylation is 1. The summed E-state index contributed by atoms with van der Waals surface area (Å²) >= 11 is 1.77. The molecule has 0 spiro atoms. The SMILES string of the molecule is CC.CC(C)C.CC=O.COc1ccc(OC)c(C)c1.CSc1ccccc1. The van der Waals surface area contributed by atoms with E-state index < -0.39 is 0 Å². The van der Waals surface area contributed by atoms with Crippen molar-refractivity contribution in [2.75, 3.05) is 20.5 Å². The fourth-order valence-corrected chi connectivity index (χ4v) is 1.96. The van der Waals surface area contributed by atoms with Gasteiger partial charge in [-0.1, -0.05) is 52.8 Å². The molecule has 0 fully saturated rings. The molecule has 160 valence electrons. The fourth-order valence-electron chi connectivity index (χ4n) is 1.53. The predicted molar refractivity (Wildman–Crippen MR) is 126 cm³/mol. The lowest BCUT2D eigenvalue weighted by Crippen LogP contribution is -1.88. The number of methoxy groups -OCH3 is 2. The van der Waals surface area contributed by atoms with Crippen molar-refractivity contribution < 1.29 is 14.3 Å². The average Bonchev–Trinajstić information content (AvgIpc) is 2.70. The van der Waals surface area contributed by atoms with Crippen LogP contribution in [0, 0.1) is 12.8 Å². The maximum atomic E-state index is 8.81. The lowest BCUT2D eigenvalue weighted by Gasteiger charge is -2.05. The van der Waals surface area contributed by atoms with Gasteiger partial charge in [0.25, 0.3) is 0 Å². The van der Waals surface area contributed by atoms with Crippen LogP contribution in [0.4, 0.5) is 0 Å². The van der Waals surface area contributed by atoms with E-state index >= 15 is 0 Å². The van der Waals surface area contributed by atoms with E-state index in [-0.39, 0.29) is 0 Å². The number of ether oxygens (including phenoxy) is 2. The maximum absolute atomic E-state index is 8.81. The van der Waals surface area contributed by atoms with Crippen LogP contribution in [0.5, 0.6) is 11.5 Å². The van der Waals surface area contributed by atoms with Crippen LogP contribution in [0.3, 0.4) is 0 Å². The summed E-state index contributed by atoms with van der Waals surface area (Å²) in [5, 5.41) is 0. The minimum atomic E-state index is 0.750. The average molecular weight is 409 g/mol. The van der Waals surface area contributed by atoms with E-state index in [1.165, 1.54) is 11.8 Å². The highest BCUT2D eigenvalue weighted by molar-refractivity contribution is 7.98. The van der Waals surface area contributed by atoms with E-state index in [0.717, 1.165) is 29.3 Å². The molecule has 2 rings (SSSR count). The van der Waals surface area contributed by atoms with E-state index in [9.17, 15) is 0 Å². The van der Waals surface area contributed by atoms with Gasteiger partial charge in [0.15, 0.2) is 0 Å². The van der Waals surface area contributed by atoms with Gasteiger partial charge >= 0.3 is 0 Å². The number of carbonyl (C=O) groups excluding carboxylic acids is 1. The summed E-state index contributed by atoms with van der Waals surface area (Å²) in [5.74, 6) is 2.59. The Morgan fingerprint density at radius 2 is 1.39 bits per heavy atom. The smallest absolute Gasteiger partial charge is 0.122 e. The van der Waals surface area contributed by atoms with E-state index in [1.54, 1.807) is 26.0 Å². The van der Waals surface area contributed by atoms with Gasteiger partial charge in [0, 0.05) is 4.90 Å². The lowest BCUT2D eigenvalue weighted by atomic mass is 10.2. The quantitative estimate of drug-likeness (QED) is 0.394. The largest absolute Gasteiger partial charge is 0.497 e. The Morgan fingerprint density at radius 3 is 1.68 bits per heavy atom. The van der Waals surface area contributed by atoms with Crippen LogP contribution in [0.1, 0.15) is 47.1 Å². The van der Waals surface area contributed by atoms with Crippen molar-refractivity contribution >= 4 is 18.0 Å². The van der Waals surface area contributed by atoms with Crippen LogP contribution in [-0.2, 0) is 4.79 Å². The number of benzene rings is 2. The summed E-state index contributed by atoms with van der Waals surface area (Å²) in [7, 11) is 3.32. The Bertz CT molecular complexity index is 567. The second-order valence-corrected chi connectivity index (χ2v) is 6.70. The van der Waals surface area contributed by atoms with Crippen LogP contribution >= 0.6 is 11.8 Å². The molecule has 2 aromatic rings. The second-order valence-electron chi connectivity index (χ2n) is 5.82. The van der Waals surface area contributed by atoms with Crippen LogP contribution in [0.2, 0.25) is 0 Å². The normalized spacial score (nSPS) is 8.25. The number of hydrogen-bond acceptors (Lipinski definition) is 4. The summed E-state index contributed by atoms with van der Waals surface area (Å²) in [4.78, 5) is 10.1. The molecule has 2 aromatic carbocycles. The topological polar surface area (TPSA) is 35.5 Å². The van der Waals surface area contributed by atoms with Gasteiger partial charge in [-0.2, -0.15) is 0 Å². The summed E-state index contributed by atoms with van der Waals surface area (Å²) < 4.78 is 10.1. The predicted octanol–water partition coefficient (Wildman–Crippen LogP) is 7.31. The molecule has 4 heteroatoms. The fraction of sp³-hybridized carbons (Fsp3) is 0.458. The molecule has 0 unspecified atom stereocenters. The van der Waals surface area contributed by atoms with E-state index in [0.29, 0.717) is 0 Å². The zero-order valence-electron chi connectivity index (χ0n) is 19.4. The van der Waals surface area contributed by atoms with Gasteiger partial charge in [0.1, 0.15) is 17.8 Å². The third-order valence-corrected chi connectivity index (χ3v) is 3.32. The molecule has 0 aliphatic heterocycles. The first-order valence-electron chi connectivity index (χ1n) is 9.53. The summed E-state index contributed by atoms with van der Waals surface area (Å²) in [6.45, 7) is 13.9. The summed E-state index contributed by atoms with van der Waals surface area (Å²) in [6, 6.07) is 16.0. The van der Waals surface area contributed by atoms with Crippen LogP contribution < -0.4 is 9.47 Å². The monoisotopic (exact) mass is 408 g/mol. The molecule has 0 saturated heterocycles. The molecule has 0 aliphatic rings. The standard InChI is InChI=1S/C9H12O2.C7H8S.C4H10.C2H4O.C2H6/c1-7-6-8(10-2)4-5-9(7)11-3;1-8-7-5-3-2-4-6-7;1-4(2)3;1-2-3;1-2/h4-6H,1-3H3;2-6H,1H3;4H,1-3H3;2H,1H3;1-2H3. The minimum Gasteiger partial charge on any atom is -0.497 e. The third kappa shape index (κ3) is 20.4. The Labute approximate surface area is 177 Å². The van der Waals surface area contributed by atoms with Crippen molar-refractivity contribution in [3.63, 3.8) is 0 Å². The van der Waals surface area contributed by atoms with Gasteiger partial charge in [-0.15, -0.1) is 11.8 Å². The first-order chi connectivity index (χ1) is 13.4. The number of aldehydes is 1. The van der Waals surface area contributed by atoms with Crippen molar-refractivity contribution in [2.45, 2.75) is 53.4 Å². The molecule has 0 saturated carbocycles.